The molecule has 1 atom stereocenters. The Bertz CT molecular complexity index is 442. The molecule has 0 aromatic heterocycles. The summed E-state index contributed by atoms with van der Waals surface area (Å²) in [4.78, 5) is 11.3. The minimum absolute atomic E-state index is 0.229. The van der Waals surface area contributed by atoms with Crippen LogP contribution < -0.4 is 5.73 Å². The van der Waals surface area contributed by atoms with Gasteiger partial charge in [-0.2, -0.15) is 0 Å². The smallest absolute Gasteiger partial charge is 0.338 e. The Hall–Kier alpha value is -1.39. The van der Waals surface area contributed by atoms with Gasteiger partial charge in [-0.3, -0.25) is 0 Å². The molecule has 1 aromatic rings. The number of esters is 1. The molecule has 4 heteroatoms. The highest BCUT2D eigenvalue weighted by atomic mass is 16.5. The molecule has 2 aliphatic rings. The molecule has 0 aliphatic carbocycles. The molecular formula is C11H11NO3. The van der Waals surface area contributed by atoms with Crippen molar-refractivity contribution in [1.29, 1.82) is 0 Å². The van der Waals surface area contributed by atoms with Crippen molar-refractivity contribution in [2.24, 2.45) is 5.73 Å². The van der Waals surface area contributed by atoms with Gasteiger partial charge in [0.05, 0.1) is 12.2 Å². The fourth-order valence-electron chi connectivity index (χ4n) is 2.22. The lowest BCUT2D eigenvalue weighted by Crippen LogP contribution is -2.24. The highest BCUT2D eigenvalue weighted by Crippen LogP contribution is 2.32. The van der Waals surface area contributed by atoms with Crippen LogP contribution in [0, 0.1) is 0 Å². The lowest BCUT2D eigenvalue weighted by molar-refractivity contribution is 0.0462. The molecule has 2 heterocycles. The summed E-state index contributed by atoms with van der Waals surface area (Å²) in [6, 6.07) is 3.64. The molecule has 0 saturated carbocycles. The Kier molecular flexibility index (Phi) is 1.81. The molecule has 0 fully saturated rings. The topological polar surface area (TPSA) is 61.6 Å². The minimum Gasteiger partial charge on any atom is -0.457 e. The second-order valence-electron chi connectivity index (χ2n) is 3.78. The molecule has 0 spiro atoms. The summed E-state index contributed by atoms with van der Waals surface area (Å²) in [6.07, 6.45) is 0.442. The third-order valence-corrected chi connectivity index (χ3v) is 2.99. The number of hydrogen-bond donors (Lipinski definition) is 1. The molecule has 4 nitrogen and oxygen atoms in total. The fourth-order valence-corrected chi connectivity index (χ4v) is 2.22. The van der Waals surface area contributed by atoms with Gasteiger partial charge in [0.15, 0.2) is 0 Å². The highest BCUT2D eigenvalue weighted by molar-refractivity contribution is 5.94. The molecule has 15 heavy (non-hydrogen) atoms. The average Bonchev–Trinajstić information content (AvgIpc) is 2.61. The molecule has 0 radical (unpaired) electrons. The van der Waals surface area contributed by atoms with E-state index in [0.29, 0.717) is 18.8 Å². The van der Waals surface area contributed by atoms with E-state index < -0.39 is 0 Å². The molecule has 1 unspecified atom stereocenters. The summed E-state index contributed by atoms with van der Waals surface area (Å²) in [5.74, 6) is -0.229. The van der Waals surface area contributed by atoms with Gasteiger partial charge in [0.25, 0.3) is 0 Å². The van der Waals surface area contributed by atoms with Crippen LogP contribution in [0.15, 0.2) is 12.1 Å². The van der Waals surface area contributed by atoms with Crippen LogP contribution in [0.5, 0.6) is 0 Å². The first-order valence-corrected chi connectivity index (χ1v) is 4.96. The van der Waals surface area contributed by atoms with Crippen LogP contribution in [0.25, 0.3) is 0 Å². The SMILES string of the molecule is NC1OCCc2c1ccc1c2COC1=O. The van der Waals surface area contributed by atoms with Gasteiger partial charge in [-0.25, -0.2) is 4.79 Å². The largest absolute Gasteiger partial charge is 0.457 e. The highest BCUT2D eigenvalue weighted by Gasteiger charge is 2.28. The monoisotopic (exact) mass is 205 g/mol. The molecular weight excluding hydrogens is 194 g/mol. The number of benzene rings is 1. The van der Waals surface area contributed by atoms with E-state index in [0.717, 1.165) is 23.1 Å². The summed E-state index contributed by atoms with van der Waals surface area (Å²) in [5, 5.41) is 0. The van der Waals surface area contributed by atoms with E-state index in [1.54, 1.807) is 6.07 Å². The van der Waals surface area contributed by atoms with Gasteiger partial charge in [0.1, 0.15) is 12.8 Å². The number of hydrogen-bond acceptors (Lipinski definition) is 4. The van der Waals surface area contributed by atoms with Gasteiger partial charge in [0.2, 0.25) is 0 Å². The third-order valence-electron chi connectivity index (χ3n) is 2.99. The van der Waals surface area contributed by atoms with Gasteiger partial charge in [-0.1, -0.05) is 6.07 Å². The first-order valence-electron chi connectivity index (χ1n) is 4.96. The minimum atomic E-state index is -0.366. The third kappa shape index (κ3) is 1.19. The zero-order valence-corrected chi connectivity index (χ0v) is 8.16. The van der Waals surface area contributed by atoms with Crippen LogP contribution in [0.2, 0.25) is 0 Å². The number of ether oxygens (including phenoxy) is 2. The Morgan fingerprint density at radius 2 is 2.20 bits per heavy atom. The number of cyclic esters (lactones) is 1. The Morgan fingerprint density at radius 3 is 3.07 bits per heavy atom. The number of rotatable bonds is 0. The summed E-state index contributed by atoms with van der Waals surface area (Å²) < 4.78 is 10.3. The molecule has 2 N–H and O–H groups in total. The van der Waals surface area contributed by atoms with Gasteiger partial charge in [-0.05, 0) is 23.6 Å². The number of carbonyl (C=O) groups excluding carboxylic acids is 1. The predicted molar refractivity (Wildman–Crippen MR) is 52.1 cm³/mol. The van der Waals surface area contributed by atoms with Crippen molar-refractivity contribution in [2.45, 2.75) is 19.3 Å². The van der Waals surface area contributed by atoms with Crippen LogP contribution in [0.1, 0.15) is 33.3 Å². The first-order chi connectivity index (χ1) is 7.27. The first kappa shape index (κ1) is 8.88. The molecule has 0 saturated heterocycles. The summed E-state index contributed by atoms with van der Waals surface area (Å²) in [5.41, 5.74) is 9.63. The zero-order chi connectivity index (χ0) is 10.4. The number of nitrogens with two attached hydrogens (primary N) is 1. The lowest BCUT2D eigenvalue weighted by atomic mass is 9.93. The van der Waals surface area contributed by atoms with E-state index in [2.05, 4.69) is 0 Å². The van der Waals surface area contributed by atoms with Crippen molar-refractivity contribution in [3.05, 3.63) is 34.4 Å². The summed E-state index contributed by atoms with van der Waals surface area (Å²) in [7, 11) is 0. The normalized spacial score (nSPS) is 23.3. The van der Waals surface area contributed by atoms with Crippen LogP contribution in [0.3, 0.4) is 0 Å². The van der Waals surface area contributed by atoms with Crippen molar-refractivity contribution in [2.75, 3.05) is 6.61 Å². The fraction of sp³-hybridized carbons (Fsp3) is 0.364. The maximum atomic E-state index is 11.3. The van der Waals surface area contributed by atoms with Gasteiger partial charge in [0, 0.05) is 5.56 Å². The molecule has 3 rings (SSSR count). The second-order valence-corrected chi connectivity index (χ2v) is 3.78. The van der Waals surface area contributed by atoms with Crippen LogP contribution in [-0.2, 0) is 22.5 Å². The average molecular weight is 205 g/mol. The van der Waals surface area contributed by atoms with Crippen molar-refractivity contribution in [3.8, 4) is 0 Å². The lowest BCUT2D eigenvalue weighted by Gasteiger charge is -2.24. The van der Waals surface area contributed by atoms with E-state index >= 15 is 0 Å². The second kappa shape index (κ2) is 3.05. The van der Waals surface area contributed by atoms with Gasteiger partial charge >= 0.3 is 5.97 Å². The van der Waals surface area contributed by atoms with Crippen LogP contribution in [0.4, 0.5) is 0 Å². The van der Waals surface area contributed by atoms with Gasteiger partial charge in [-0.15, -0.1) is 0 Å². The molecule has 0 bridgehead atoms. The van der Waals surface area contributed by atoms with Crippen molar-refractivity contribution in [1.82, 2.24) is 0 Å². The van der Waals surface area contributed by atoms with E-state index in [9.17, 15) is 4.79 Å². The van der Waals surface area contributed by atoms with Crippen molar-refractivity contribution >= 4 is 5.97 Å². The summed E-state index contributed by atoms with van der Waals surface area (Å²) >= 11 is 0. The Morgan fingerprint density at radius 1 is 1.33 bits per heavy atom. The van der Waals surface area contributed by atoms with Crippen molar-refractivity contribution in [3.63, 3.8) is 0 Å². The predicted octanol–water partition coefficient (Wildman–Crippen LogP) is 0.887. The van der Waals surface area contributed by atoms with Gasteiger partial charge < -0.3 is 15.2 Å². The maximum absolute atomic E-state index is 11.3. The summed E-state index contributed by atoms with van der Waals surface area (Å²) in [6.45, 7) is 0.989. The standard InChI is InChI=1S/C11H11NO3/c12-10-7-1-2-8-9(5-15-11(8)13)6(7)3-4-14-10/h1-2,10H,3-5,12H2. The molecule has 0 amide bonds. The Labute approximate surface area is 87.0 Å². The molecule has 78 valence electrons. The van der Waals surface area contributed by atoms with E-state index in [-0.39, 0.29) is 12.2 Å². The Balaban J connectivity index is 2.20. The quantitative estimate of drug-likeness (QED) is 0.639. The number of fused-ring (bicyclic) bond motifs is 3. The van der Waals surface area contributed by atoms with Crippen LogP contribution in [-0.4, -0.2) is 12.6 Å². The van der Waals surface area contributed by atoms with Crippen LogP contribution >= 0.6 is 0 Å². The van der Waals surface area contributed by atoms with E-state index in [1.165, 1.54) is 0 Å². The number of carbonyl (C=O) groups is 1. The van der Waals surface area contributed by atoms with E-state index in [4.69, 9.17) is 15.2 Å². The maximum Gasteiger partial charge on any atom is 0.338 e. The molecule has 1 aromatic carbocycles. The zero-order valence-electron chi connectivity index (χ0n) is 8.16. The molecule has 2 aliphatic heterocycles. The van der Waals surface area contributed by atoms with Crippen molar-refractivity contribution < 1.29 is 14.3 Å². The van der Waals surface area contributed by atoms with E-state index in [1.807, 2.05) is 6.07 Å².